The summed E-state index contributed by atoms with van der Waals surface area (Å²) >= 11 is 0. The van der Waals surface area contributed by atoms with E-state index in [1.807, 2.05) is 12.4 Å². The second kappa shape index (κ2) is 5.92. The minimum absolute atomic E-state index is 0.381. The quantitative estimate of drug-likeness (QED) is 0.360. The van der Waals surface area contributed by atoms with Crippen molar-refractivity contribution in [2.45, 2.75) is 24.7 Å². The third-order valence-electron chi connectivity index (χ3n) is 6.89. The second-order valence-electron chi connectivity index (χ2n) is 8.37. The number of fused-ring (bicyclic) bond motifs is 6. The molecule has 2 aromatic carbocycles. The van der Waals surface area contributed by atoms with Crippen molar-refractivity contribution >= 4 is 43.6 Å². The normalized spacial score (nSPS) is 19.1. The fourth-order valence-electron chi connectivity index (χ4n) is 5.31. The Morgan fingerprint density at radius 1 is 0.567 bits per heavy atom. The minimum Gasteiger partial charge on any atom is -0.353 e. The Labute approximate surface area is 173 Å². The zero-order valence-corrected chi connectivity index (χ0v) is 16.4. The fraction of sp³-hybridized carbons (Fsp3) is 0.154. The molecule has 0 saturated heterocycles. The molecule has 0 radical (unpaired) electrons. The lowest BCUT2D eigenvalue weighted by atomic mass is 9.69. The highest BCUT2D eigenvalue weighted by atomic mass is 14.8. The molecule has 4 aromatic heterocycles. The van der Waals surface area contributed by atoms with E-state index in [0.29, 0.717) is 11.8 Å². The standard InChI is InChI=1S/C26H20N4/c1-3-7-21-15(5-1)19-11-13-27-23(25(19)29-21)17-9-10-18(17)24-26-20(12-14-28-24)16-6-2-4-8-22(16)30-26/h1-8,11-14,17-18,29-30H,9-10H2/t17-,18-/m0/s1. The molecular weight excluding hydrogens is 368 g/mol. The van der Waals surface area contributed by atoms with Crippen LogP contribution in [0.4, 0.5) is 0 Å². The van der Waals surface area contributed by atoms with Crippen LogP contribution in [0.2, 0.25) is 0 Å². The Kier molecular flexibility index (Phi) is 3.19. The van der Waals surface area contributed by atoms with Gasteiger partial charge in [-0.25, -0.2) is 0 Å². The van der Waals surface area contributed by atoms with Gasteiger partial charge in [-0.15, -0.1) is 0 Å². The van der Waals surface area contributed by atoms with E-state index in [-0.39, 0.29) is 0 Å². The van der Waals surface area contributed by atoms with Crippen molar-refractivity contribution in [1.82, 2.24) is 19.9 Å². The molecule has 0 spiro atoms. The summed E-state index contributed by atoms with van der Waals surface area (Å²) in [5.74, 6) is 0.762. The summed E-state index contributed by atoms with van der Waals surface area (Å²) in [6, 6.07) is 21.3. The SMILES string of the molecule is c1ccc2c(c1)[nH]c1c([C@H]3CC[C@@H]3c3nccc4c3[nH]c3ccccc34)nccc12. The molecule has 0 amide bonds. The summed E-state index contributed by atoms with van der Waals surface area (Å²) in [5.41, 5.74) is 7.06. The first-order chi connectivity index (χ1) is 14.9. The van der Waals surface area contributed by atoms with Gasteiger partial charge in [0.25, 0.3) is 0 Å². The van der Waals surface area contributed by atoms with Crippen molar-refractivity contribution in [3.8, 4) is 0 Å². The molecule has 0 unspecified atom stereocenters. The molecule has 30 heavy (non-hydrogen) atoms. The first-order valence-corrected chi connectivity index (χ1v) is 10.6. The molecule has 0 bridgehead atoms. The van der Waals surface area contributed by atoms with Gasteiger partial charge in [0.2, 0.25) is 0 Å². The van der Waals surface area contributed by atoms with Crippen LogP contribution in [0, 0.1) is 0 Å². The van der Waals surface area contributed by atoms with Gasteiger partial charge in [0, 0.05) is 56.8 Å². The van der Waals surface area contributed by atoms with Crippen molar-refractivity contribution < 1.29 is 0 Å². The van der Waals surface area contributed by atoms with Crippen molar-refractivity contribution in [3.05, 3.63) is 84.4 Å². The van der Waals surface area contributed by atoms with Gasteiger partial charge in [-0.3, -0.25) is 9.97 Å². The predicted molar refractivity (Wildman–Crippen MR) is 122 cm³/mol. The van der Waals surface area contributed by atoms with Gasteiger partial charge >= 0.3 is 0 Å². The van der Waals surface area contributed by atoms with Crippen LogP contribution >= 0.6 is 0 Å². The van der Waals surface area contributed by atoms with Crippen LogP contribution in [0.25, 0.3) is 43.6 Å². The maximum absolute atomic E-state index is 4.85. The Morgan fingerprint density at radius 3 is 1.50 bits per heavy atom. The molecule has 2 N–H and O–H groups in total. The lowest BCUT2D eigenvalue weighted by molar-refractivity contribution is 0.337. The number of pyridine rings is 2. The predicted octanol–water partition coefficient (Wildman–Crippen LogP) is 6.41. The van der Waals surface area contributed by atoms with Crippen LogP contribution in [0.1, 0.15) is 36.1 Å². The van der Waals surface area contributed by atoms with Gasteiger partial charge in [0.15, 0.2) is 0 Å². The zero-order chi connectivity index (χ0) is 19.7. The molecule has 6 aromatic rings. The van der Waals surface area contributed by atoms with Crippen molar-refractivity contribution in [1.29, 1.82) is 0 Å². The van der Waals surface area contributed by atoms with E-state index in [4.69, 9.17) is 9.97 Å². The van der Waals surface area contributed by atoms with Crippen LogP contribution < -0.4 is 0 Å². The van der Waals surface area contributed by atoms with Crippen LogP contribution in [-0.4, -0.2) is 19.9 Å². The number of hydrogen-bond acceptors (Lipinski definition) is 2. The van der Waals surface area contributed by atoms with E-state index in [1.165, 1.54) is 55.0 Å². The average molecular weight is 388 g/mol. The van der Waals surface area contributed by atoms with Gasteiger partial charge in [-0.1, -0.05) is 36.4 Å². The molecule has 1 aliphatic carbocycles. The molecule has 1 aliphatic rings. The Hall–Kier alpha value is -3.66. The van der Waals surface area contributed by atoms with E-state index < -0.39 is 0 Å². The summed E-state index contributed by atoms with van der Waals surface area (Å²) in [5, 5.41) is 5.06. The molecule has 1 fully saturated rings. The first-order valence-electron chi connectivity index (χ1n) is 10.6. The number of nitrogens with zero attached hydrogens (tertiary/aromatic N) is 2. The molecule has 4 heteroatoms. The van der Waals surface area contributed by atoms with Gasteiger partial charge in [0.1, 0.15) is 0 Å². The number of aromatic nitrogens is 4. The molecule has 2 atom stereocenters. The second-order valence-corrected chi connectivity index (χ2v) is 8.37. The molecule has 1 saturated carbocycles. The van der Waals surface area contributed by atoms with Crippen LogP contribution in [-0.2, 0) is 0 Å². The average Bonchev–Trinajstić information content (AvgIpc) is 3.33. The summed E-state index contributed by atoms with van der Waals surface area (Å²) in [7, 11) is 0. The van der Waals surface area contributed by atoms with Crippen LogP contribution in [0.3, 0.4) is 0 Å². The molecule has 144 valence electrons. The molecular formula is C26H20N4. The summed E-state index contributed by atoms with van der Waals surface area (Å²) < 4.78 is 0. The van der Waals surface area contributed by atoms with E-state index >= 15 is 0 Å². The third-order valence-corrected chi connectivity index (χ3v) is 6.89. The summed E-state index contributed by atoms with van der Waals surface area (Å²) in [6.45, 7) is 0. The number of aromatic amines is 2. The van der Waals surface area contributed by atoms with Gasteiger partial charge in [0.05, 0.1) is 22.4 Å². The molecule has 0 aliphatic heterocycles. The van der Waals surface area contributed by atoms with E-state index in [2.05, 4.69) is 70.6 Å². The van der Waals surface area contributed by atoms with E-state index in [1.54, 1.807) is 0 Å². The van der Waals surface area contributed by atoms with Crippen LogP contribution in [0.15, 0.2) is 73.1 Å². The highest BCUT2D eigenvalue weighted by molar-refractivity contribution is 6.09. The number of H-pyrrole nitrogens is 2. The monoisotopic (exact) mass is 388 g/mol. The maximum atomic E-state index is 4.85. The number of nitrogens with one attached hydrogen (secondary N) is 2. The number of rotatable bonds is 2. The third kappa shape index (κ3) is 2.11. The van der Waals surface area contributed by atoms with E-state index in [9.17, 15) is 0 Å². The van der Waals surface area contributed by atoms with Crippen LogP contribution in [0.5, 0.6) is 0 Å². The maximum Gasteiger partial charge on any atom is 0.0687 e. The number of benzene rings is 2. The van der Waals surface area contributed by atoms with Gasteiger partial charge < -0.3 is 9.97 Å². The van der Waals surface area contributed by atoms with Crippen molar-refractivity contribution in [2.24, 2.45) is 0 Å². The molecule has 7 rings (SSSR count). The molecule has 4 heterocycles. The topological polar surface area (TPSA) is 57.4 Å². The zero-order valence-electron chi connectivity index (χ0n) is 16.4. The first kappa shape index (κ1) is 16.2. The lowest BCUT2D eigenvalue weighted by Gasteiger charge is -2.36. The Bertz CT molecular complexity index is 1450. The van der Waals surface area contributed by atoms with Crippen molar-refractivity contribution in [3.63, 3.8) is 0 Å². The van der Waals surface area contributed by atoms with E-state index in [0.717, 1.165) is 12.8 Å². The minimum atomic E-state index is 0.381. The fourth-order valence-corrected chi connectivity index (χ4v) is 5.31. The molecule has 4 nitrogen and oxygen atoms in total. The smallest absolute Gasteiger partial charge is 0.0687 e. The highest BCUT2D eigenvalue weighted by Gasteiger charge is 2.38. The van der Waals surface area contributed by atoms with Crippen molar-refractivity contribution in [2.75, 3.05) is 0 Å². The lowest BCUT2D eigenvalue weighted by Crippen LogP contribution is -2.24. The highest BCUT2D eigenvalue weighted by Crippen LogP contribution is 2.51. The van der Waals surface area contributed by atoms with Gasteiger partial charge in [-0.05, 0) is 37.1 Å². The largest absolute Gasteiger partial charge is 0.353 e. The number of para-hydroxylation sites is 2. The Morgan fingerprint density at radius 2 is 1.03 bits per heavy atom. The Balaban J connectivity index is 1.40. The van der Waals surface area contributed by atoms with Gasteiger partial charge in [-0.2, -0.15) is 0 Å². The number of hydrogen-bond donors (Lipinski definition) is 2. The summed E-state index contributed by atoms with van der Waals surface area (Å²) in [6.07, 6.45) is 6.21. The summed E-state index contributed by atoms with van der Waals surface area (Å²) in [4.78, 5) is 17.0.